The van der Waals surface area contributed by atoms with Gasteiger partial charge in [-0.05, 0) is 24.6 Å². The smallest absolute Gasteiger partial charge is 0.116 e. The van der Waals surface area contributed by atoms with Crippen LogP contribution in [0.5, 0.6) is 0 Å². The molecule has 0 spiro atoms. The zero-order valence-electron chi connectivity index (χ0n) is 8.74. The van der Waals surface area contributed by atoms with Gasteiger partial charge in [0, 0.05) is 25.3 Å². The highest BCUT2D eigenvalue weighted by Gasteiger charge is 2.19. The van der Waals surface area contributed by atoms with Crippen molar-refractivity contribution in [1.82, 2.24) is 5.32 Å². The Morgan fingerprint density at radius 2 is 2.27 bits per heavy atom. The van der Waals surface area contributed by atoms with Crippen molar-refractivity contribution in [1.29, 1.82) is 0 Å². The second-order valence-corrected chi connectivity index (χ2v) is 4.17. The highest BCUT2D eigenvalue weighted by Crippen LogP contribution is 2.20. The lowest BCUT2D eigenvalue weighted by atomic mass is 10.2. The maximum Gasteiger partial charge on any atom is 0.116 e. The summed E-state index contributed by atoms with van der Waals surface area (Å²) in [4.78, 5) is 2.24. The molecular formula is C11H16Cl2N2. The van der Waals surface area contributed by atoms with Gasteiger partial charge in [-0.15, -0.1) is 12.4 Å². The van der Waals surface area contributed by atoms with Gasteiger partial charge in [-0.1, -0.05) is 23.7 Å². The Morgan fingerprint density at radius 1 is 1.47 bits per heavy atom. The molecule has 2 nitrogen and oxygen atoms in total. The molecule has 1 aliphatic rings. The van der Waals surface area contributed by atoms with E-state index in [1.807, 2.05) is 0 Å². The molecule has 2 rings (SSSR count). The number of hydrogen-bond donors (Lipinski definition) is 1. The fourth-order valence-corrected chi connectivity index (χ4v) is 2.09. The van der Waals surface area contributed by atoms with E-state index in [1.54, 1.807) is 0 Å². The van der Waals surface area contributed by atoms with Crippen molar-refractivity contribution in [3.05, 3.63) is 29.8 Å². The fraction of sp³-hybridized carbons (Fsp3) is 0.455. The molecule has 1 heterocycles. The molecule has 1 atom stereocenters. The maximum absolute atomic E-state index is 6.23. The third-order valence-corrected chi connectivity index (χ3v) is 2.90. The Bertz CT molecular complexity index is 317. The summed E-state index contributed by atoms with van der Waals surface area (Å²) >= 11 is 6.23. The molecule has 84 valence electrons. The molecule has 1 N–H and O–H groups in total. The number of halogens is 2. The lowest BCUT2D eigenvalue weighted by molar-refractivity contribution is 0.559. The fourth-order valence-electron chi connectivity index (χ4n) is 1.77. The molecule has 0 aliphatic carbocycles. The van der Waals surface area contributed by atoms with Gasteiger partial charge in [0.1, 0.15) is 5.50 Å². The number of alkyl halides is 1. The number of rotatable bonds is 1. The number of nitrogens with one attached hydrogen (secondary N) is 1. The summed E-state index contributed by atoms with van der Waals surface area (Å²) in [6, 6.07) is 8.49. The van der Waals surface area contributed by atoms with Gasteiger partial charge in [-0.3, -0.25) is 0 Å². The van der Waals surface area contributed by atoms with Crippen LogP contribution in [0.4, 0.5) is 5.69 Å². The molecule has 0 radical (unpaired) electrons. The van der Waals surface area contributed by atoms with E-state index in [1.165, 1.54) is 11.3 Å². The largest absolute Gasteiger partial charge is 0.353 e. The van der Waals surface area contributed by atoms with Crippen LogP contribution >= 0.6 is 24.0 Å². The molecule has 15 heavy (non-hydrogen) atoms. The van der Waals surface area contributed by atoms with E-state index in [9.17, 15) is 0 Å². The Hall–Kier alpha value is -0.440. The third-order valence-electron chi connectivity index (χ3n) is 2.51. The second-order valence-electron chi connectivity index (χ2n) is 3.67. The van der Waals surface area contributed by atoms with Crippen molar-refractivity contribution in [3.8, 4) is 0 Å². The molecule has 0 aromatic heterocycles. The van der Waals surface area contributed by atoms with E-state index in [4.69, 9.17) is 11.6 Å². The molecule has 1 saturated heterocycles. The van der Waals surface area contributed by atoms with Gasteiger partial charge in [0.2, 0.25) is 0 Å². The van der Waals surface area contributed by atoms with Crippen molar-refractivity contribution in [2.75, 3.05) is 24.5 Å². The van der Waals surface area contributed by atoms with Crippen LogP contribution < -0.4 is 10.2 Å². The van der Waals surface area contributed by atoms with Gasteiger partial charge in [-0.25, -0.2) is 0 Å². The number of anilines is 1. The van der Waals surface area contributed by atoms with Crippen molar-refractivity contribution in [2.45, 2.75) is 12.4 Å². The normalized spacial score (nSPS) is 20.9. The van der Waals surface area contributed by atoms with Crippen LogP contribution in [0.15, 0.2) is 24.3 Å². The van der Waals surface area contributed by atoms with Crippen molar-refractivity contribution >= 4 is 29.7 Å². The lowest BCUT2D eigenvalue weighted by Crippen LogP contribution is -2.48. The summed E-state index contributed by atoms with van der Waals surface area (Å²) in [5.41, 5.74) is 2.59. The zero-order chi connectivity index (χ0) is 9.97. The third kappa shape index (κ3) is 3.00. The van der Waals surface area contributed by atoms with E-state index in [0.717, 1.165) is 19.6 Å². The minimum atomic E-state index is 0. The van der Waals surface area contributed by atoms with Crippen molar-refractivity contribution in [3.63, 3.8) is 0 Å². The van der Waals surface area contributed by atoms with Crippen LogP contribution in [-0.4, -0.2) is 25.1 Å². The van der Waals surface area contributed by atoms with E-state index in [0.29, 0.717) is 0 Å². The van der Waals surface area contributed by atoms with Crippen LogP contribution in [-0.2, 0) is 0 Å². The Kier molecular flexibility index (Phi) is 4.71. The first kappa shape index (κ1) is 12.6. The predicted molar refractivity (Wildman–Crippen MR) is 68.3 cm³/mol. The molecule has 0 bridgehead atoms. The van der Waals surface area contributed by atoms with Crippen molar-refractivity contribution in [2.24, 2.45) is 0 Å². The second kappa shape index (κ2) is 5.59. The van der Waals surface area contributed by atoms with Gasteiger partial charge >= 0.3 is 0 Å². The minimum Gasteiger partial charge on any atom is -0.353 e. The number of hydrogen-bond acceptors (Lipinski definition) is 2. The van der Waals surface area contributed by atoms with E-state index in [2.05, 4.69) is 41.4 Å². The highest BCUT2D eigenvalue weighted by atomic mass is 35.5. The Labute approximate surface area is 102 Å². The van der Waals surface area contributed by atoms with Crippen LogP contribution in [0.2, 0.25) is 0 Å². The monoisotopic (exact) mass is 246 g/mol. The first-order valence-corrected chi connectivity index (χ1v) is 5.39. The minimum absolute atomic E-state index is 0. The number of nitrogens with zero attached hydrogens (tertiary/aromatic N) is 1. The van der Waals surface area contributed by atoms with Crippen LogP contribution in [0.3, 0.4) is 0 Å². The molecule has 1 fully saturated rings. The first-order valence-electron chi connectivity index (χ1n) is 4.95. The summed E-state index contributed by atoms with van der Waals surface area (Å²) in [6.07, 6.45) is 0. The quantitative estimate of drug-likeness (QED) is 0.605. The average Bonchev–Trinajstić information content (AvgIpc) is 2.18. The first-order chi connectivity index (χ1) is 6.77. The zero-order valence-corrected chi connectivity index (χ0v) is 10.3. The van der Waals surface area contributed by atoms with Gasteiger partial charge in [0.25, 0.3) is 0 Å². The molecule has 1 aliphatic heterocycles. The van der Waals surface area contributed by atoms with Gasteiger partial charge in [0.05, 0.1) is 0 Å². The van der Waals surface area contributed by atoms with Crippen LogP contribution in [0, 0.1) is 6.92 Å². The number of benzene rings is 1. The van der Waals surface area contributed by atoms with Gasteiger partial charge in [-0.2, -0.15) is 0 Å². The molecule has 0 saturated carbocycles. The number of piperazine rings is 1. The maximum atomic E-state index is 6.23. The van der Waals surface area contributed by atoms with Crippen LogP contribution in [0.1, 0.15) is 5.56 Å². The standard InChI is InChI=1S/C11H15ClN2.ClH/c1-9-3-2-4-10(7-9)14-6-5-13-8-11(14)12;/h2-4,7,11,13H,5-6,8H2,1H3;1H. The molecule has 0 amide bonds. The van der Waals surface area contributed by atoms with Crippen molar-refractivity contribution < 1.29 is 0 Å². The molecule has 1 aromatic carbocycles. The summed E-state index contributed by atoms with van der Waals surface area (Å²) in [7, 11) is 0. The SMILES string of the molecule is Cc1cccc(N2CCNCC2Cl)c1.Cl. The Morgan fingerprint density at radius 3 is 2.93 bits per heavy atom. The predicted octanol–water partition coefficient (Wildman–Crippen LogP) is 2.39. The average molecular weight is 247 g/mol. The summed E-state index contributed by atoms with van der Waals surface area (Å²) in [5.74, 6) is 0. The molecule has 1 unspecified atom stereocenters. The topological polar surface area (TPSA) is 15.3 Å². The van der Waals surface area contributed by atoms with E-state index in [-0.39, 0.29) is 17.9 Å². The van der Waals surface area contributed by atoms with E-state index < -0.39 is 0 Å². The number of aryl methyl sites for hydroxylation is 1. The highest BCUT2D eigenvalue weighted by molar-refractivity contribution is 6.22. The Balaban J connectivity index is 0.00000112. The van der Waals surface area contributed by atoms with Gasteiger partial charge in [0.15, 0.2) is 0 Å². The molecule has 4 heteroatoms. The summed E-state index contributed by atoms with van der Waals surface area (Å²) in [5, 5.41) is 3.28. The summed E-state index contributed by atoms with van der Waals surface area (Å²) < 4.78 is 0. The van der Waals surface area contributed by atoms with Crippen LogP contribution in [0.25, 0.3) is 0 Å². The lowest BCUT2D eigenvalue weighted by Gasteiger charge is -2.34. The molecular weight excluding hydrogens is 231 g/mol. The van der Waals surface area contributed by atoms with E-state index >= 15 is 0 Å². The summed E-state index contributed by atoms with van der Waals surface area (Å²) in [6.45, 7) is 4.96. The molecule has 1 aromatic rings. The van der Waals surface area contributed by atoms with Gasteiger partial charge < -0.3 is 10.2 Å².